The van der Waals surface area contributed by atoms with Crippen molar-refractivity contribution in [3.05, 3.63) is 82.3 Å². The zero-order chi connectivity index (χ0) is 24.8. The summed E-state index contributed by atoms with van der Waals surface area (Å²) in [5.41, 5.74) is 3.70. The quantitative estimate of drug-likeness (QED) is 0.529. The maximum atomic E-state index is 12.9. The minimum atomic E-state index is -0.484. The van der Waals surface area contributed by atoms with Gasteiger partial charge >= 0.3 is 5.97 Å². The average Bonchev–Trinajstić information content (AvgIpc) is 3.29. The Labute approximate surface area is 209 Å². The summed E-state index contributed by atoms with van der Waals surface area (Å²) in [5, 5.41) is 5.64. The number of thioether (sulfide) groups is 1. The molecule has 1 aromatic carbocycles. The Morgan fingerprint density at radius 3 is 2.74 bits per heavy atom. The van der Waals surface area contributed by atoms with Crippen LogP contribution in [0.1, 0.15) is 37.1 Å². The zero-order valence-electron chi connectivity index (χ0n) is 20.0. The number of benzene rings is 1. The maximum Gasteiger partial charge on any atom is 0.338 e. The summed E-state index contributed by atoms with van der Waals surface area (Å²) in [5.74, 6) is 0.135. The molecule has 1 aromatic heterocycles. The number of fused-ring (bicyclic) bond motifs is 1. The Balaban J connectivity index is 1.59. The van der Waals surface area contributed by atoms with Gasteiger partial charge in [-0.1, -0.05) is 36.9 Å². The number of aromatic nitrogens is 1. The number of methoxy groups -OCH3 is 2. The highest BCUT2D eigenvalue weighted by molar-refractivity contribution is 8.16. The molecule has 1 amide bonds. The normalized spacial score (nSPS) is 16.9. The third-order valence-corrected chi connectivity index (χ3v) is 6.70. The number of amides is 1. The second-order valence-corrected chi connectivity index (χ2v) is 8.81. The Morgan fingerprint density at radius 1 is 1.17 bits per heavy atom. The van der Waals surface area contributed by atoms with Crippen LogP contribution in [-0.4, -0.2) is 47.7 Å². The second kappa shape index (κ2) is 11.2. The highest BCUT2D eigenvalue weighted by Gasteiger charge is 2.41. The molecule has 35 heavy (non-hydrogen) atoms. The fourth-order valence-corrected chi connectivity index (χ4v) is 5.08. The fraction of sp³-hybridized carbons (Fsp3) is 0.308. The molecule has 0 spiro atoms. The molecule has 4 rings (SSSR count). The maximum absolute atomic E-state index is 12.9. The van der Waals surface area contributed by atoms with Crippen molar-refractivity contribution in [2.75, 3.05) is 20.8 Å². The third-order valence-electron chi connectivity index (χ3n) is 5.81. The Hall–Kier alpha value is -3.59. The van der Waals surface area contributed by atoms with Crippen molar-refractivity contribution >= 4 is 28.8 Å². The molecule has 0 fully saturated rings. The van der Waals surface area contributed by atoms with Crippen LogP contribution in [0.15, 0.2) is 76.0 Å². The standard InChI is InChI=1S/C26H28N4O4S/c1-4-21-23(25(32)34-3)24(17-8-7-10-20(14-17)33-2)30-19(16-35-26(30)29-21)15-22(31)28-13-11-18-9-5-6-12-27-18/h5-10,12,14,16,24H,4,11,13,15H2,1-3H3,(H,28,31). The van der Waals surface area contributed by atoms with Crippen molar-refractivity contribution in [3.63, 3.8) is 0 Å². The van der Waals surface area contributed by atoms with Crippen molar-refractivity contribution in [1.82, 2.24) is 15.2 Å². The van der Waals surface area contributed by atoms with E-state index in [-0.39, 0.29) is 12.3 Å². The van der Waals surface area contributed by atoms with E-state index in [0.29, 0.717) is 36.4 Å². The minimum absolute atomic E-state index is 0.108. The second-order valence-electron chi connectivity index (χ2n) is 7.97. The first-order valence-corrected chi connectivity index (χ1v) is 12.3. The van der Waals surface area contributed by atoms with Crippen LogP contribution in [0.5, 0.6) is 5.75 Å². The molecular formula is C26H28N4O4S. The summed E-state index contributed by atoms with van der Waals surface area (Å²) in [6.45, 7) is 2.45. The van der Waals surface area contributed by atoms with Crippen LogP contribution in [0.3, 0.4) is 0 Å². The summed E-state index contributed by atoms with van der Waals surface area (Å²) in [6.07, 6.45) is 3.12. The van der Waals surface area contributed by atoms with Crippen LogP contribution in [0.25, 0.3) is 0 Å². The molecule has 0 bridgehead atoms. The number of aliphatic imine (C=N–C) groups is 1. The minimum Gasteiger partial charge on any atom is -0.497 e. The van der Waals surface area contributed by atoms with Gasteiger partial charge in [0.05, 0.1) is 38.0 Å². The SMILES string of the molecule is CCC1=C(C(=O)OC)C(c2cccc(OC)c2)N2C(CC(=O)NCCc3ccccn3)=CSC2=N1. The van der Waals surface area contributed by atoms with Crippen LogP contribution >= 0.6 is 11.8 Å². The van der Waals surface area contributed by atoms with Gasteiger partial charge in [0.2, 0.25) is 5.91 Å². The van der Waals surface area contributed by atoms with Crippen LogP contribution < -0.4 is 10.1 Å². The van der Waals surface area contributed by atoms with E-state index in [1.807, 2.05) is 59.7 Å². The topological polar surface area (TPSA) is 93.1 Å². The fourth-order valence-electron chi connectivity index (χ4n) is 4.14. The predicted molar refractivity (Wildman–Crippen MR) is 136 cm³/mol. The molecule has 1 N–H and O–H groups in total. The zero-order valence-corrected chi connectivity index (χ0v) is 20.8. The van der Waals surface area contributed by atoms with Gasteiger partial charge in [0.15, 0.2) is 5.17 Å². The molecule has 2 aliphatic rings. The first kappa shape index (κ1) is 24.5. The van der Waals surface area contributed by atoms with Gasteiger partial charge in [0, 0.05) is 30.6 Å². The van der Waals surface area contributed by atoms with E-state index in [0.717, 1.165) is 22.1 Å². The Bertz CT molecular complexity index is 1190. The highest BCUT2D eigenvalue weighted by Crippen LogP contribution is 2.45. The Kier molecular flexibility index (Phi) is 7.87. The number of carbonyl (C=O) groups excluding carboxylic acids is 2. The average molecular weight is 493 g/mol. The van der Waals surface area contributed by atoms with Crippen LogP contribution in [0, 0.1) is 0 Å². The van der Waals surface area contributed by atoms with Gasteiger partial charge in [0.25, 0.3) is 0 Å². The largest absolute Gasteiger partial charge is 0.497 e. The number of hydrogen-bond donors (Lipinski definition) is 1. The molecule has 1 atom stereocenters. The van der Waals surface area contributed by atoms with Crippen molar-refractivity contribution < 1.29 is 19.1 Å². The van der Waals surface area contributed by atoms with Crippen molar-refractivity contribution in [2.24, 2.45) is 4.99 Å². The number of allylic oxidation sites excluding steroid dienone is 1. The van der Waals surface area contributed by atoms with E-state index in [9.17, 15) is 9.59 Å². The van der Waals surface area contributed by atoms with E-state index < -0.39 is 12.0 Å². The number of carbonyl (C=O) groups is 2. The number of pyridine rings is 1. The number of nitrogens with zero attached hydrogens (tertiary/aromatic N) is 3. The first-order chi connectivity index (χ1) is 17.0. The molecule has 0 radical (unpaired) electrons. The predicted octanol–water partition coefficient (Wildman–Crippen LogP) is 3.98. The molecule has 2 aromatic rings. The molecule has 3 heterocycles. The number of nitrogens with one attached hydrogen (secondary N) is 1. The summed E-state index contributed by atoms with van der Waals surface area (Å²) in [4.78, 5) is 36.8. The lowest BCUT2D eigenvalue weighted by molar-refractivity contribution is -0.136. The third kappa shape index (κ3) is 5.40. The van der Waals surface area contributed by atoms with Gasteiger partial charge in [-0.2, -0.15) is 0 Å². The molecule has 0 saturated heterocycles. The molecule has 1 unspecified atom stereocenters. The van der Waals surface area contributed by atoms with Gasteiger partial charge in [-0.25, -0.2) is 9.79 Å². The number of rotatable bonds is 9. The van der Waals surface area contributed by atoms with Gasteiger partial charge in [-0.05, 0) is 41.7 Å². The van der Waals surface area contributed by atoms with Crippen molar-refractivity contribution in [2.45, 2.75) is 32.2 Å². The lowest BCUT2D eigenvalue weighted by Gasteiger charge is -2.36. The van der Waals surface area contributed by atoms with E-state index in [2.05, 4.69) is 10.3 Å². The van der Waals surface area contributed by atoms with E-state index in [1.54, 1.807) is 13.3 Å². The van der Waals surface area contributed by atoms with Crippen LogP contribution in [0.4, 0.5) is 0 Å². The highest BCUT2D eigenvalue weighted by atomic mass is 32.2. The molecule has 0 saturated carbocycles. The van der Waals surface area contributed by atoms with E-state index in [1.165, 1.54) is 18.9 Å². The van der Waals surface area contributed by atoms with Gasteiger partial charge < -0.3 is 19.7 Å². The summed E-state index contributed by atoms with van der Waals surface area (Å²) in [6, 6.07) is 12.8. The summed E-state index contributed by atoms with van der Waals surface area (Å²) >= 11 is 1.45. The molecule has 0 aliphatic carbocycles. The lowest BCUT2D eigenvalue weighted by atomic mass is 9.92. The smallest absolute Gasteiger partial charge is 0.338 e. The number of hydrogen-bond acceptors (Lipinski definition) is 8. The van der Waals surface area contributed by atoms with Crippen molar-refractivity contribution in [1.29, 1.82) is 0 Å². The lowest BCUT2D eigenvalue weighted by Crippen LogP contribution is -2.38. The molecule has 182 valence electrons. The molecular weight excluding hydrogens is 464 g/mol. The summed E-state index contributed by atoms with van der Waals surface area (Å²) < 4.78 is 10.6. The van der Waals surface area contributed by atoms with Gasteiger partial charge in [-0.3, -0.25) is 9.78 Å². The molecule has 2 aliphatic heterocycles. The van der Waals surface area contributed by atoms with Crippen LogP contribution in [-0.2, 0) is 20.7 Å². The number of amidine groups is 1. The number of ether oxygens (including phenoxy) is 2. The molecule has 9 heteroatoms. The van der Waals surface area contributed by atoms with Gasteiger partial charge in [0.1, 0.15) is 5.75 Å². The van der Waals surface area contributed by atoms with Gasteiger partial charge in [-0.15, -0.1) is 0 Å². The molecule has 8 nitrogen and oxygen atoms in total. The van der Waals surface area contributed by atoms with Crippen molar-refractivity contribution in [3.8, 4) is 5.75 Å². The summed E-state index contributed by atoms with van der Waals surface area (Å²) in [7, 11) is 2.97. The number of esters is 1. The monoisotopic (exact) mass is 492 g/mol. The first-order valence-electron chi connectivity index (χ1n) is 11.4. The van der Waals surface area contributed by atoms with E-state index in [4.69, 9.17) is 14.5 Å². The van der Waals surface area contributed by atoms with E-state index >= 15 is 0 Å². The Morgan fingerprint density at radius 2 is 2.03 bits per heavy atom. The van der Waals surface area contributed by atoms with Crippen LogP contribution in [0.2, 0.25) is 0 Å².